The van der Waals surface area contributed by atoms with Crippen molar-refractivity contribution in [3.8, 4) is 5.88 Å². The van der Waals surface area contributed by atoms with Crippen molar-refractivity contribution in [1.29, 1.82) is 0 Å². The Morgan fingerprint density at radius 1 is 1.43 bits per heavy atom. The number of nitrogens with one attached hydrogen (secondary N) is 1. The Hall–Kier alpha value is -1.20. The fraction of sp³-hybridized carbons (Fsp3) is 0.688. The molecule has 1 aromatic rings. The average molecular weight is 295 g/mol. The summed E-state index contributed by atoms with van der Waals surface area (Å²) in [5.41, 5.74) is 0.731. The second-order valence-electron chi connectivity index (χ2n) is 6.78. The summed E-state index contributed by atoms with van der Waals surface area (Å²) in [4.78, 5) is 6.38. The lowest BCUT2D eigenvalue weighted by molar-refractivity contribution is 0.224. The monoisotopic (exact) mass is 295 g/mol. The SMILES string of the molecule is CN(CCOc1ncc(F)cc1CNC(C)(C)C)C1CC1. The largest absolute Gasteiger partial charge is 0.476 e. The first-order chi connectivity index (χ1) is 9.85. The van der Waals surface area contributed by atoms with Crippen LogP contribution in [-0.2, 0) is 6.54 Å². The molecule has 0 amide bonds. The smallest absolute Gasteiger partial charge is 0.218 e. The van der Waals surface area contributed by atoms with Gasteiger partial charge in [-0.1, -0.05) is 0 Å². The van der Waals surface area contributed by atoms with Crippen LogP contribution in [0.25, 0.3) is 0 Å². The first kappa shape index (κ1) is 16.2. The summed E-state index contributed by atoms with van der Waals surface area (Å²) in [6, 6.07) is 2.21. The fourth-order valence-corrected chi connectivity index (χ4v) is 2.07. The molecule has 4 nitrogen and oxygen atoms in total. The Morgan fingerprint density at radius 3 is 2.76 bits per heavy atom. The van der Waals surface area contributed by atoms with Crippen molar-refractivity contribution in [2.75, 3.05) is 20.2 Å². The third-order valence-electron chi connectivity index (χ3n) is 3.55. The molecule has 0 aliphatic heterocycles. The average Bonchev–Trinajstić information content (AvgIpc) is 3.21. The van der Waals surface area contributed by atoms with Gasteiger partial charge in [-0.15, -0.1) is 0 Å². The van der Waals surface area contributed by atoms with Gasteiger partial charge in [0, 0.05) is 30.2 Å². The molecular formula is C16H26FN3O. The summed E-state index contributed by atoms with van der Waals surface area (Å²) < 4.78 is 19.1. The van der Waals surface area contributed by atoms with E-state index in [9.17, 15) is 4.39 Å². The van der Waals surface area contributed by atoms with Gasteiger partial charge in [0.2, 0.25) is 5.88 Å². The molecule has 1 fully saturated rings. The molecule has 0 aromatic carbocycles. The van der Waals surface area contributed by atoms with Crippen molar-refractivity contribution in [2.45, 2.75) is 51.7 Å². The van der Waals surface area contributed by atoms with Gasteiger partial charge in [0.1, 0.15) is 12.4 Å². The summed E-state index contributed by atoms with van der Waals surface area (Å²) in [5, 5.41) is 3.34. The predicted molar refractivity (Wildman–Crippen MR) is 81.9 cm³/mol. The van der Waals surface area contributed by atoms with E-state index in [4.69, 9.17) is 4.74 Å². The van der Waals surface area contributed by atoms with Crippen molar-refractivity contribution in [3.05, 3.63) is 23.6 Å². The van der Waals surface area contributed by atoms with E-state index >= 15 is 0 Å². The van der Waals surface area contributed by atoms with Crippen LogP contribution in [0.1, 0.15) is 39.2 Å². The van der Waals surface area contributed by atoms with Crippen LogP contribution in [0.3, 0.4) is 0 Å². The van der Waals surface area contributed by atoms with Gasteiger partial charge in [0.05, 0.1) is 6.20 Å². The minimum atomic E-state index is -0.330. The molecular weight excluding hydrogens is 269 g/mol. The van der Waals surface area contributed by atoms with Gasteiger partial charge in [0.15, 0.2) is 0 Å². The molecule has 0 spiro atoms. The van der Waals surface area contributed by atoms with Crippen LogP contribution >= 0.6 is 0 Å². The number of aromatic nitrogens is 1. The third kappa shape index (κ3) is 5.59. The molecule has 1 heterocycles. The number of hydrogen-bond acceptors (Lipinski definition) is 4. The second kappa shape index (κ2) is 6.71. The Morgan fingerprint density at radius 2 is 2.14 bits per heavy atom. The summed E-state index contributed by atoms with van der Waals surface area (Å²) in [7, 11) is 2.11. The highest BCUT2D eigenvalue weighted by Crippen LogP contribution is 2.25. The first-order valence-electron chi connectivity index (χ1n) is 7.57. The lowest BCUT2D eigenvalue weighted by atomic mass is 10.1. The summed E-state index contributed by atoms with van der Waals surface area (Å²) in [6.45, 7) is 8.21. The number of hydrogen-bond donors (Lipinski definition) is 1. The predicted octanol–water partition coefficient (Wildman–Crippen LogP) is 2.58. The van der Waals surface area contributed by atoms with Crippen LogP contribution in [0.4, 0.5) is 4.39 Å². The van der Waals surface area contributed by atoms with Crippen molar-refractivity contribution in [3.63, 3.8) is 0 Å². The van der Waals surface area contributed by atoms with Crippen molar-refractivity contribution in [1.82, 2.24) is 15.2 Å². The maximum absolute atomic E-state index is 13.4. The van der Waals surface area contributed by atoms with Gasteiger partial charge in [-0.25, -0.2) is 9.37 Å². The number of halogens is 1. The lowest BCUT2D eigenvalue weighted by Gasteiger charge is -2.21. The van der Waals surface area contributed by atoms with E-state index in [1.807, 2.05) is 0 Å². The summed E-state index contributed by atoms with van der Waals surface area (Å²) >= 11 is 0. The number of rotatable bonds is 7. The van der Waals surface area contributed by atoms with E-state index in [-0.39, 0.29) is 11.4 Å². The quantitative estimate of drug-likeness (QED) is 0.839. The second-order valence-corrected chi connectivity index (χ2v) is 6.78. The minimum absolute atomic E-state index is 0.0320. The van der Waals surface area contributed by atoms with Crippen LogP contribution < -0.4 is 10.1 Å². The maximum Gasteiger partial charge on any atom is 0.218 e. The van der Waals surface area contributed by atoms with Crippen molar-refractivity contribution >= 4 is 0 Å². The molecule has 0 atom stereocenters. The summed E-state index contributed by atoms with van der Waals surface area (Å²) in [6.07, 6.45) is 3.78. The number of ether oxygens (including phenoxy) is 1. The molecule has 118 valence electrons. The van der Waals surface area contributed by atoms with Gasteiger partial charge in [-0.05, 0) is 46.7 Å². The number of nitrogens with zero attached hydrogens (tertiary/aromatic N) is 2. The molecule has 0 saturated heterocycles. The van der Waals surface area contributed by atoms with Crippen LogP contribution in [0.2, 0.25) is 0 Å². The normalized spacial score (nSPS) is 15.5. The van der Waals surface area contributed by atoms with Crippen LogP contribution in [0, 0.1) is 5.82 Å². The molecule has 1 N–H and O–H groups in total. The molecule has 0 radical (unpaired) electrons. The third-order valence-corrected chi connectivity index (χ3v) is 3.55. The van der Waals surface area contributed by atoms with Crippen LogP contribution in [-0.4, -0.2) is 41.7 Å². The Bertz CT molecular complexity index is 469. The Labute approximate surface area is 126 Å². The number of pyridine rings is 1. The van der Waals surface area contributed by atoms with Gasteiger partial charge in [-0.2, -0.15) is 0 Å². The highest BCUT2D eigenvalue weighted by Gasteiger charge is 2.25. The van der Waals surface area contributed by atoms with Crippen molar-refractivity contribution < 1.29 is 9.13 Å². The highest BCUT2D eigenvalue weighted by molar-refractivity contribution is 5.26. The molecule has 1 aliphatic carbocycles. The van der Waals surface area contributed by atoms with E-state index in [2.05, 4.69) is 43.0 Å². The first-order valence-corrected chi connectivity index (χ1v) is 7.57. The zero-order valence-electron chi connectivity index (χ0n) is 13.4. The van der Waals surface area contributed by atoms with Crippen LogP contribution in [0.15, 0.2) is 12.3 Å². The molecule has 2 rings (SSSR count). The molecule has 5 heteroatoms. The summed E-state index contributed by atoms with van der Waals surface area (Å²) in [5.74, 6) is 0.195. The topological polar surface area (TPSA) is 37.4 Å². The minimum Gasteiger partial charge on any atom is -0.476 e. The molecule has 1 saturated carbocycles. The van der Waals surface area contributed by atoms with Crippen LogP contribution in [0.5, 0.6) is 5.88 Å². The Balaban J connectivity index is 1.90. The maximum atomic E-state index is 13.4. The van der Waals surface area contributed by atoms with E-state index < -0.39 is 0 Å². The lowest BCUT2D eigenvalue weighted by Crippen LogP contribution is -2.35. The van der Waals surface area contributed by atoms with E-state index in [0.29, 0.717) is 19.0 Å². The van der Waals surface area contributed by atoms with Gasteiger partial charge < -0.3 is 15.0 Å². The van der Waals surface area contributed by atoms with Gasteiger partial charge in [-0.3, -0.25) is 0 Å². The zero-order chi connectivity index (χ0) is 15.5. The van der Waals surface area contributed by atoms with Gasteiger partial charge in [0.25, 0.3) is 0 Å². The van der Waals surface area contributed by atoms with E-state index in [1.165, 1.54) is 25.1 Å². The molecule has 0 unspecified atom stereocenters. The van der Waals surface area contributed by atoms with E-state index in [1.54, 1.807) is 0 Å². The fourth-order valence-electron chi connectivity index (χ4n) is 2.07. The molecule has 1 aromatic heterocycles. The Kier molecular flexibility index (Phi) is 5.17. The zero-order valence-corrected chi connectivity index (χ0v) is 13.4. The standard InChI is InChI=1S/C16H26FN3O/c1-16(2,3)19-10-12-9-13(17)11-18-15(12)21-8-7-20(4)14-5-6-14/h9,11,14,19H,5-8,10H2,1-4H3. The van der Waals surface area contributed by atoms with Crippen molar-refractivity contribution in [2.24, 2.45) is 0 Å². The van der Waals surface area contributed by atoms with E-state index in [0.717, 1.165) is 18.2 Å². The van der Waals surface area contributed by atoms with Gasteiger partial charge >= 0.3 is 0 Å². The highest BCUT2D eigenvalue weighted by atomic mass is 19.1. The molecule has 21 heavy (non-hydrogen) atoms. The molecule has 1 aliphatic rings. The molecule has 0 bridgehead atoms. The number of likely N-dealkylation sites (N-methyl/N-ethyl adjacent to an activating group) is 1.